The van der Waals surface area contributed by atoms with Crippen LogP contribution in [-0.2, 0) is 14.4 Å². The molecule has 138 valence electrons. The van der Waals surface area contributed by atoms with E-state index in [1.807, 2.05) is 45.1 Å². The van der Waals surface area contributed by atoms with E-state index in [-0.39, 0.29) is 48.6 Å². The number of amides is 3. The van der Waals surface area contributed by atoms with Crippen LogP contribution in [0.25, 0.3) is 0 Å². The van der Waals surface area contributed by atoms with E-state index >= 15 is 0 Å². The van der Waals surface area contributed by atoms with Crippen LogP contribution in [0, 0.1) is 25.7 Å². The zero-order valence-corrected chi connectivity index (χ0v) is 15.6. The van der Waals surface area contributed by atoms with Crippen molar-refractivity contribution in [2.75, 3.05) is 6.54 Å². The fraction of sp³-hybridized carbons (Fsp3) is 0.476. The molecule has 1 aliphatic carbocycles. The number of allylic oxidation sites excluding steroid dienone is 2. The number of imide groups is 1. The minimum Gasteiger partial charge on any atom is -0.350 e. The summed E-state index contributed by atoms with van der Waals surface area (Å²) in [6, 6.07) is 6.06. The Morgan fingerprint density at radius 1 is 1.15 bits per heavy atom. The van der Waals surface area contributed by atoms with Crippen LogP contribution in [0.1, 0.15) is 48.9 Å². The molecule has 1 unspecified atom stereocenters. The summed E-state index contributed by atoms with van der Waals surface area (Å²) in [7, 11) is 0. The number of fused-ring (bicyclic) bond motifs is 1. The Bertz CT molecular complexity index is 743. The number of benzene rings is 1. The molecule has 1 heterocycles. The molecule has 1 N–H and O–H groups in total. The molecule has 3 atom stereocenters. The molecule has 1 fully saturated rings. The SMILES string of the molecule is Cc1ccc(C)c(C(C)NC(=O)CCN2C(=O)[C@H]3CC=CC[C@H]3C2=O)c1. The lowest BCUT2D eigenvalue weighted by atomic mass is 9.85. The standard InChI is InChI=1S/C21H26N2O3/c1-13-8-9-14(2)18(12-13)15(3)22-19(24)10-11-23-20(25)16-6-4-5-7-17(16)21(23)26/h4-5,8-9,12,15-17H,6-7,10-11H2,1-3H3,(H,22,24)/t15?,16-,17+. The summed E-state index contributed by atoms with van der Waals surface area (Å²) in [6.45, 7) is 6.16. The minimum absolute atomic E-state index is 0.112. The average molecular weight is 354 g/mol. The van der Waals surface area contributed by atoms with Gasteiger partial charge in [-0.3, -0.25) is 19.3 Å². The molecule has 3 amide bonds. The summed E-state index contributed by atoms with van der Waals surface area (Å²) in [5.74, 6) is -0.861. The van der Waals surface area contributed by atoms with E-state index in [1.54, 1.807) is 0 Å². The van der Waals surface area contributed by atoms with Gasteiger partial charge in [-0.25, -0.2) is 0 Å². The highest BCUT2D eigenvalue weighted by Crippen LogP contribution is 2.35. The molecule has 0 saturated carbocycles. The summed E-state index contributed by atoms with van der Waals surface area (Å²) < 4.78 is 0. The molecule has 0 aromatic heterocycles. The number of aryl methyl sites for hydroxylation is 2. The van der Waals surface area contributed by atoms with Gasteiger partial charge >= 0.3 is 0 Å². The number of carbonyl (C=O) groups excluding carboxylic acids is 3. The van der Waals surface area contributed by atoms with Crippen LogP contribution in [0.15, 0.2) is 30.4 Å². The van der Waals surface area contributed by atoms with Gasteiger partial charge in [-0.1, -0.05) is 35.9 Å². The van der Waals surface area contributed by atoms with Crippen molar-refractivity contribution in [1.82, 2.24) is 10.2 Å². The smallest absolute Gasteiger partial charge is 0.233 e. The molecular weight excluding hydrogens is 328 g/mol. The van der Waals surface area contributed by atoms with Crippen LogP contribution >= 0.6 is 0 Å². The van der Waals surface area contributed by atoms with Crippen molar-refractivity contribution in [3.8, 4) is 0 Å². The summed E-state index contributed by atoms with van der Waals surface area (Å²) in [4.78, 5) is 38.5. The Hall–Kier alpha value is -2.43. The van der Waals surface area contributed by atoms with Crippen molar-refractivity contribution < 1.29 is 14.4 Å². The number of nitrogens with zero attached hydrogens (tertiary/aromatic N) is 1. The Labute approximate surface area is 154 Å². The summed E-state index contributed by atoms with van der Waals surface area (Å²) in [5.41, 5.74) is 3.37. The second kappa shape index (κ2) is 7.44. The molecule has 5 nitrogen and oxygen atoms in total. The molecule has 1 saturated heterocycles. The zero-order valence-electron chi connectivity index (χ0n) is 15.6. The minimum atomic E-state index is -0.232. The first-order valence-electron chi connectivity index (χ1n) is 9.25. The first-order valence-corrected chi connectivity index (χ1v) is 9.25. The Morgan fingerprint density at radius 3 is 2.38 bits per heavy atom. The molecule has 26 heavy (non-hydrogen) atoms. The van der Waals surface area contributed by atoms with Crippen LogP contribution in [-0.4, -0.2) is 29.2 Å². The monoisotopic (exact) mass is 354 g/mol. The molecule has 5 heteroatoms. The molecule has 2 aliphatic rings. The van der Waals surface area contributed by atoms with Gasteiger partial charge in [0, 0.05) is 13.0 Å². The molecule has 1 aromatic rings. The molecule has 1 aliphatic heterocycles. The predicted octanol–water partition coefficient (Wildman–Crippen LogP) is 2.82. The Kier molecular flexibility index (Phi) is 5.25. The van der Waals surface area contributed by atoms with Crippen molar-refractivity contribution >= 4 is 17.7 Å². The van der Waals surface area contributed by atoms with Gasteiger partial charge in [-0.05, 0) is 44.7 Å². The Morgan fingerprint density at radius 2 is 1.77 bits per heavy atom. The largest absolute Gasteiger partial charge is 0.350 e. The number of carbonyl (C=O) groups is 3. The van der Waals surface area contributed by atoms with Crippen molar-refractivity contribution in [1.29, 1.82) is 0 Å². The number of rotatable bonds is 5. The lowest BCUT2D eigenvalue weighted by Gasteiger charge is -2.19. The van der Waals surface area contributed by atoms with Crippen molar-refractivity contribution in [2.45, 2.75) is 46.1 Å². The maximum atomic E-state index is 12.4. The molecule has 0 spiro atoms. The van der Waals surface area contributed by atoms with E-state index in [1.165, 1.54) is 4.90 Å². The third-order valence-electron chi connectivity index (χ3n) is 5.44. The van der Waals surface area contributed by atoms with Crippen molar-refractivity contribution in [2.24, 2.45) is 11.8 Å². The topological polar surface area (TPSA) is 66.5 Å². The normalized spacial score (nSPS) is 23.1. The van der Waals surface area contributed by atoms with Gasteiger partial charge in [-0.15, -0.1) is 0 Å². The quantitative estimate of drug-likeness (QED) is 0.653. The van der Waals surface area contributed by atoms with Gasteiger partial charge in [0.1, 0.15) is 0 Å². The highest BCUT2D eigenvalue weighted by molar-refractivity contribution is 6.05. The molecule has 3 rings (SSSR count). The molecule has 0 radical (unpaired) electrons. The molecule has 1 aromatic carbocycles. The highest BCUT2D eigenvalue weighted by Gasteiger charge is 2.46. The van der Waals surface area contributed by atoms with Crippen LogP contribution in [0.5, 0.6) is 0 Å². The van der Waals surface area contributed by atoms with E-state index in [0.717, 1.165) is 16.7 Å². The van der Waals surface area contributed by atoms with Gasteiger partial charge in [0.15, 0.2) is 0 Å². The summed E-state index contributed by atoms with van der Waals surface area (Å²) >= 11 is 0. The van der Waals surface area contributed by atoms with Gasteiger partial charge < -0.3 is 5.32 Å². The summed E-state index contributed by atoms with van der Waals surface area (Å²) in [5, 5.41) is 2.98. The fourth-order valence-electron chi connectivity index (χ4n) is 3.92. The average Bonchev–Trinajstić information content (AvgIpc) is 2.86. The predicted molar refractivity (Wildman–Crippen MR) is 99.2 cm³/mol. The first-order chi connectivity index (χ1) is 12.4. The number of likely N-dealkylation sites (tertiary alicyclic amines) is 1. The van der Waals surface area contributed by atoms with Crippen LogP contribution < -0.4 is 5.32 Å². The highest BCUT2D eigenvalue weighted by atomic mass is 16.2. The van der Waals surface area contributed by atoms with E-state index < -0.39 is 0 Å². The lowest BCUT2D eigenvalue weighted by molar-refractivity contribution is -0.140. The maximum Gasteiger partial charge on any atom is 0.233 e. The van der Waals surface area contributed by atoms with E-state index in [9.17, 15) is 14.4 Å². The number of hydrogen-bond donors (Lipinski definition) is 1. The summed E-state index contributed by atoms with van der Waals surface area (Å²) in [6.07, 6.45) is 5.32. The fourth-order valence-corrected chi connectivity index (χ4v) is 3.92. The lowest BCUT2D eigenvalue weighted by Crippen LogP contribution is -2.36. The maximum absolute atomic E-state index is 12.4. The van der Waals surface area contributed by atoms with Gasteiger partial charge in [0.05, 0.1) is 17.9 Å². The van der Waals surface area contributed by atoms with Crippen LogP contribution in [0.2, 0.25) is 0 Å². The number of nitrogens with one attached hydrogen (secondary N) is 1. The van der Waals surface area contributed by atoms with Gasteiger partial charge in [0.2, 0.25) is 17.7 Å². The van der Waals surface area contributed by atoms with Crippen LogP contribution in [0.4, 0.5) is 0 Å². The van der Waals surface area contributed by atoms with Crippen LogP contribution in [0.3, 0.4) is 0 Å². The number of hydrogen-bond acceptors (Lipinski definition) is 3. The van der Waals surface area contributed by atoms with E-state index in [0.29, 0.717) is 12.8 Å². The van der Waals surface area contributed by atoms with E-state index in [4.69, 9.17) is 0 Å². The zero-order chi connectivity index (χ0) is 18.8. The molecular formula is C21H26N2O3. The molecule has 0 bridgehead atoms. The second-order valence-electron chi connectivity index (χ2n) is 7.38. The third-order valence-corrected chi connectivity index (χ3v) is 5.44. The van der Waals surface area contributed by atoms with Gasteiger partial charge in [-0.2, -0.15) is 0 Å². The van der Waals surface area contributed by atoms with Gasteiger partial charge in [0.25, 0.3) is 0 Å². The van der Waals surface area contributed by atoms with E-state index in [2.05, 4.69) is 11.4 Å². The second-order valence-corrected chi connectivity index (χ2v) is 7.38. The first kappa shape index (κ1) is 18.4. The van der Waals surface area contributed by atoms with Crippen molar-refractivity contribution in [3.05, 3.63) is 47.0 Å². The van der Waals surface area contributed by atoms with Crippen molar-refractivity contribution in [3.63, 3.8) is 0 Å². The third kappa shape index (κ3) is 3.57. The Balaban J connectivity index is 1.57.